The number of rotatable bonds is 7. The molecule has 8 heteroatoms. The lowest BCUT2D eigenvalue weighted by atomic mass is 10.0. The number of hydrogen-bond donors (Lipinski definition) is 3. The quantitative estimate of drug-likeness (QED) is 0.316. The lowest BCUT2D eigenvalue weighted by Gasteiger charge is -2.17. The molecular formula is C24H22ClN3O3S. The number of anilines is 2. The smallest absolute Gasteiger partial charge is 0.232 e. The highest BCUT2D eigenvalue weighted by Crippen LogP contribution is 2.34. The van der Waals surface area contributed by atoms with Crippen LogP contribution in [0.1, 0.15) is 18.7 Å². The molecule has 0 fully saturated rings. The molecule has 0 saturated heterocycles. The maximum absolute atomic E-state index is 11.7. The standard InChI is InChI=1S/C24H22ClN3O3S/c1-2-32(30,31)28-18-9-7-17(8-10-18)24(29)27-19-11-12-22(25)21(15-19)23-20-6-4-3-5-16(20)13-14-26-23/h3-15,24,27-29H,2H2,1H3. The molecule has 4 aromatic rings. The number of pyridine rings is 1. The van der Waals surface area contributed by atoms with Gasteiger partial charge in [-0.25, -0.2) is 8.42 Å². The van der Waals surface area contributed by atoms with Crippen molar-refractivity contribution in [3.63, 3.8) is 0 Å². The summed E-state index contributed by atoms with van der Waals surface area (Å²) in [6.45, 7) is 1.57. The topological polar surface area (TPSA) is 91.3 Å². The number of nitrogens with zero attached hydrogens (tertiary/aromatic N) is 1. The minimum atomic E-state index is -3.35. The van der Waals surface area contributed by atoms with E-state index in [1.165, 1.54) is 0 Å². The minimum absolute atomic E-state index is 0.0105. The number of aliphatic hydroxyl groups is 1. The Labute approximate surface area is 191 Å². The number of sulfonamides is 1. The third kappa shape index (κ3) is 4.85. The molecule has 0 amide bonds. The Kier molecular flexibility index (Phi) is 6.32. The second-order valence-corrected chi connectivity index (χ2v) is 9.67. The van der Waals surface area contributed by atoms with Crippen LogP contribution in [0.5, 0.6) is 0 Å². The normalized spacial score (nSPS) is 12.5. The van der Waals surface area contributed by atoms with E-state index < -0.39 is 16.3 Å². The summed E-state index contributed by atoms with van der Waals surface area (Å²) in [4.78, 5) is 4.53. The molecule has 0 saturated carbocycles. The predicted octanol–water partition coefficient (Wildman–Crippen LogP) is 5.42. The van der Waals surface area contributed by atoms with Crippen LogP contribution in [0.2, 0.25) is 5.02 Å². The van der Waals surface area contributed by atoms with Gasteiger partial charge < -0.3 is 10.4 Å². The summed E-state index contributed by atoms with van der Waals surface area (Å²) < 4.78 is 25.9. The summed E-state index contributed by atoms with van der Waals surface area (Å²) in [7, 11) is -3.35. The van der Waals surface area contributed by atoms with Crippen molar-refractivity contribution in [3.8, 4) is 11.3 Å². The second kappa shape index (κ2) is 9.16. The van der Waals surface area contributed by atoms with Gasteiger partial charge in [0, 0.05) is 34.1 Å². The van der Waals surface area contributed by atoms with E-state index in [1.807, 2.05) is 36.4 Å². The average molecular weight is 468 g/mol. The third-order valence-electron chi connectivity index (χ3n) is 5.08. The first kappa shape index (κ1) is 22.1. The maximum atomic E-state index is 11.7. The Hall–Kier alpha value is -3.13. The largest absolute Gasteiger partial charge is 0.369 e. The second-order valence-electron chi connectivity index (χ2n) is 7.25. The SMILES string of the molecule is CCS(=O)(=O)Nc1ccc(C(O)Nc2ccc(Cl)c(-c3nccc4ccccc34)c2)cc1. The first-order valence-corrected chi connectivity index (χ1v) is 12.1. The van der Waals surface area contributed by atoms with Crippen molar-refractivity contribution in [2.75, 3.05) is 15.8 Å². The lowest BCUT2D eigenvalue weighted by Crippen LogP contribution is -2.15. The van der Waals surface area contributed by atoms with Crippen molar-refractivity contribution >= 4 is 43.8 Å². The van der Waals surface area contributed by atoms with Crippen LogP contribution >= 0.6 is 11.6 Å². The monoisotopic (exact) mass is 467 g/mol. The molecule has 6 nitrogen and oxygen atoms in total. The molecule has 4 rings (SSSR count). The summed E-state index contributed by atoms with van der Waals surface area (Å²) in [5.41, 5.74) is 3.22. The molecule has 0 aliphatic heterocycles. The molecule has 1 atom stereocenters. The third-order valence-corrected chi connectivity index (χ3v) is 6.71. The molecule has 0 spiro atoms. The van der Waals surface area contributed by atoms with E-state index >= 15 is 0 Å². The van der Waals surface area contributed by atoms with Gasteiger partial charge in [-0.05, 0) is 48.7 Å². The lowest BCUT2D eigenvalue weighted by molar-refractivity contribution is 0.208. The number of hydrogen-bond acceptors (Lipinski definition) is 5. The van der Waals surface area contributed by atoms with Crippen molar-refractivity contribution in [2.45, 2.75) is 13.2 Å². The molecule has 0 aliphatic carbocycles. The first-order chi connectivity index (χ1) is 15.4. The zero-order chi connectivity index (χ0) is 22.7. The number of halogens is 1. The fraction of sp³-hybridized carbons (Fsp3) is 0.125. The number of aromatic nitrogens is 1. The van der Waals surface area contributed by atoms with Gasteiger partial charge in [-0.2, -0.15) is 0 Å². The van der Waals surface area contributed by atoms with E-state index in [-0.39, 0.29) is 5.75 Å². The molecule has 1 aromatic heterocycles. The van der Waals surface area contributed by atoms with E-state index in [0.717, 1.165) is 22.0 Å². The average Bonchev–Trinajstić information content (AvgIpc) is 2.80. The summed E-state index contributed by atoms with van der Waals surface area (Å²) in [5, 5.41) is 16.3. The van der Waals surface area contributed by atoms with Crippen LogP contribution in [-0.2, 0) is 10.0 Å². The van der Waals surface area contributed by atoms with Crippen molar-refractivity contribution in [1.82, 2.24) is 4.98 Å². The summed E-state index contributed by atoms with van der Waals surface area (Å²) in [5.74, 6) is -0.0105. The number of aliphatic hydroxyl groups excluding tert-OH is 1. The number of nitrogens with one attached hydrogen (secondary N) is 2. The van der Waals surface area contributed by atoms with Crippen molar-refractivity contribution in [1.29, 1.82) is 0 Å². The minimum Gasteiger partial charge on any atom is -0.369 e. The fourth-order valence-electron chi connectivity index (χ4n) is 3.36. The van der Waals surface area contributed by atoms with E-state index in [4.69, 9.17) is 11.6 Å². The van der Waals surface area contributed by atoms with Gasteiger partial charge in [-0.3, -0.25) is 9.71 Å². The molecule has 32 heavy (non-hydrogen) atoms. The van der Waals surface area contributed by atoms with Gasteiger partial charge in [0.05, 0.1) is 16.5 Å². The zero-order valence-electron chi connectivity index (χ0n) is 17.3. The summed E-state index contributed by atoms with van der Waals surface area (Å²) in [6.07, 6.45) is 0.749. The van der Waals surface area contributed by atoms with Crippen LogP contribution in [0.15, 0.2) is 79.0 Å². The van der Waals surface area contributed by atoms with Gasteiger partial charge in [-0.1, -0.05) is 48.0 Å². The Balaban J connectivity index is 1.58. The maximum Gasteiger partial charge on any atom is 0.232 e. The first-order valence-electron chi connectivity index (χ1n) is 10.0. The van der Waals surface area contributed by atoms with Gasteiger partial charge in [0.1, 0.15) is 0 Å². The molecule has 3 N–H and O–H groups in total. The van der Waals surface area contributed by atoms with Crippen molar-refractivity contribution in [2.24, 2.45) is 0 Å². The van der Waals surface area contributed by atoms with E-state index in [0.29, 0.717) is 22.0 Å². The van der Waals surface area contributed by atoms with Gasteiger partial charge in [0.2, 0.25) is 10.0 Å². The molecular weight excluding hydrogens is 446 g/mol. The zero-order valence-corrected chi connectivity index (χ0v) is 18.9. The highest BCUT2D eigenvalue weighted by Gasteiger charge is 2.13. The molecule has 1 heterocycles. The van der Waals surface area contributed by atoms with Crippen LogP contribution in [0.4, 0.5) is 11.4 Å². The van der Waals surface area contributed by atoms with E-state index in [1.54, 1.807) is 49.5 Å². The highest BCUT2D eigenvalue weighted by molar-refractivity contribution is 7.92. The molecule has 1 unspecified atom stereocenters. The van der Waals surface area contributed by atoms with E-state index in [9.17, 15) is 13.5 Å². The van der Waals surface area contributed by atoms with Gasteiger partial charge in [-0.15, -0.1) is 0 Å². The molecule has 0 bridgehead atoms. The predicted molar refractivity (Wildman–Crippen MR) is 130 cm³/mol. The molecule has 3 aromatic carbocycles. The van der Waals surface area contributed by atoms with Gasteiger partial charge >= 0.3 is 0 Å². The van der Waals surface area contributed by atoms with Gasteiger partial charge in [0.25, 0.3) is 0 Å². The fourth-order valence-corrected chi connectivity index (χ4v) is 4.20. The van der Waals surface area contributed by atoms with E-state index in [2.05, 4.69) is 15.0 Å². The van der Waals surface area contributed by atoms with Gasteiger partial charge in [0.15, 0.2) is 6.23 Å². The number of benzene rings is 3. The van der Waals surface area contributed by atoms with Crippen LogP contribution in [0.25, 0.3) is 22.0 Å². The molecule has 0 radical (unpaired) electrons. The Bertz CT molecular complexity index is 1350. The summed E-state index contributed by atoms with van der Waals surface area (Å²) >= 11 is 6.48. The summed E-state index contributed by atoms with van der Waals surface area (Å²) in [6, 6.07) is 21.8. The Morgan fingerprint density at radius 2 is 1.72 bits per heavy atom. The van der Waals surface area contributed by atoms with Crippen LogP contribution in [0, 0.1) is 0 Å². The Morgan fingerprint density at radius 3 is 2.47 bits per heavy atom. The number of fused-ring (bicyclic) bond motifs is 1. The molecule has 0 aliphatic rings. The molecule has 164 valence electrons. The Morgan fingerprint density at radius 1 is 1.00 bits per heavy atom. The highest BCUT2D eigenvalue weighted by atomic mass is 35.5. The van der Waals surface area contributed by atoms with Crippen molar-refractivity contribution < 1.29 is 13.5 Å². The van der Waals surface area contributed by atoms with Crippen LogP contribution in [-0.4, -0.2) is 24.3 Å². The van der Waals surface area contributed by atoms with Crippen LogP contribution in [0.3, 0.4) is 0 Å². The van der Waals surface area contributed by atoms with Crippen LogP contribution < -0.4 is 10.0 Å². The van der Waals surface area contributed by atoms with Crippen molar-refractivity contribution in [3.05, 3.63) is 89.6 Å².